The molecule has 0 aliphatic carbocycles. The van der Waals surface area contributed by atoms with Gasteiger partial charge in [0.2, 0.25) is 0 Å². The van der Waals surface area contributed by atoms with Crippen molar-refractivity contribution in [2.75, 3.05) is 7.11 Å². The molecule has 0 saturated heterocycles. The molecule has 1 heterocycles. The SMILES string of the molecule is COc1cccc(-c2cc(C(=O)Cl)c3cccc(Cl)c3n2)c1. The van der Waals surface area contributed by atoms with E-state index in [1.54, 1.807) is 31.4 Å². The lowest BCUT2D eigenvalue weighted by Gasteiger charge is -2.09. The van der Waals surface area contributed by atoms with Crippen LogP contribution in [0.25, 0.3) is 22.2 Å². The van der Waals surface area contributed by atoms with Crippen molar-refractivity contribution in [3.8, 4) is 17.0 Å². The first kappa shape index (κ1) is 14.8. The summed E-state index contributed by atoms with van der Waals surface area (Å²) in [6.45, 7) is 0. The van der Waals surface area contributed by atoms with Gasteiger partial charge in [-0.05, 0) is 35.9 Å². The molecule has 0 radical (unpaired) electrons. The highest BCUT2D eigenvalue weighted by molar-refractivity contribution is 6.68. The van der Waals surface area contributed by atoms with E-state index in [1.807, 2.05) is 24.3 Å². The normalized spacial score (nSPS) is 10.7. The minimum absolute atomic E-state index is 0.381. The number of nitrogens with zero attached hydrogens (tertiary/aromatic N) is 1. The largest absolute Gasteiger partial charge is 0.497 e. The molecule has 0 saturated carbocycles. The monoisotopic (exact) mass is 331 g/mol. The first-order chi connectivity index (χ1) is 10.6. The van der Waals surface area contributed by atoms with E-state index in [0.717, 1.165) is 5.56 Å². The van der Waals surface area contributed by atoms with Gasteiger partial charge in [0.15, 0.2) is 0 Å². The van der Waals surface area contributed by atoms with Crippen molar-refractivity contribution in [1.82, 2.24) is 4.98 Å². The number of hydrogen-bond acceptors (Lipinski definition) is 3. The molecule has 1 aromatic heterocycles. The van der Waals surface area contributed by atoms with E-state index >= 15 is 0 Å². The average molecular weight is 332 g/mol. The number of aromatic nitrogens is 1. The highest BCUT2D eigenvalue weighted by Gasteiger charge is 2.14. The number of benzene rings is 2. The van der Waals surface area contributed by atoms with Crippen LogP contribution < -0.4 is 4.74 Å². The van der Waals surface area contributed by atoms with Crippen molar-refractivity contribution >= 4 is 39.3 Å². The Balaban J connectivity index is 2.30. The van der Waals surface area contributed by atoms with Crippen LogP contribution in [0, 0.1) is 0 Å². The Labute approximate surface area is 137 Å². The molecule has 110 valence electrons. The third-order valence-electron chi connectivity index (χ3n) is 3.37. The summed E-state index contributed by atoms with van der Waals surface area (Å²) in [6.07, 6.45) is 0. The Hall–Kier alpha value is -2.10. The van der Waals surface area contributed by atoms with Crippen molar-refractivity contribution in [2.45, 2.75) is 0 Å². The first-order valence-electron chi connectivity index (χ1n) is 6.53. The first-order valence-corrected chi connectivity index (χ1v) is 7.29. The Kier molecular flexibility index (Phi) is 4.01. The lowest BCUT2D eigenvalue weighted by Crippen LogP contribution is -1.96. The zero-order chi connectivity index (χ0) is 15.7. The number of carbonyl (C=O) groups is 1. The fourth-order valence-corrected chi connectivity index (χ4v) is 2.68. The fourth-order valence-electron chi connectivity index (χ4n) is 2.31. The van der Waals surface area contributed by atoms with Crippen LogP contribution in [-0.4, -0.2) is 17.3 Å². The van der Waals surface area contributed by atoms with Crippen LogP contribution in [0.1, 0.15) is 10.4 Å². The lowest BCUT2D eigenvalue weighted by atomic mass is 10.0. The molecule has 5 heteroatoms. The van der Waals surface area contributed by atoms with E-state index in [2.05, 4.69) is 4.98 Å². The molecule has 0 atom stereocenters. The standard InChI is InChI=1S/C17H11Cl2NO2/c1-22-11-5-2-4-10(8-11)15-9-13(17(19)21)12-6-3-7-14(18)16(12)20-15/h2-9H,1H3. The maximum absolute atomic E-state index is 11.7. The maximum atomic E-state index is 11.7. The van der Waals surface area contributed by atoms with Gasteiger partial charge in [-0.3, -0.25) is 4.79 Å². The molecular weight excluding hydrogens is 321 g/mol. The van der Waals surface area contributed by atoms with Gasteiger partial charge in [-0.2, -0.15) is 0 Å². The van der Waals surface area contributed by atoms with Crippen LogP contribution in [0.4, 0.5) is 0 Å². The summed E-state index contributed by atoms with van der Waals surface area (Å²) < 4.78 is 5.22. The van der Waals surface area contributed by atoms with E-state index in [0.29, 0.717) is 32.9 Å². The number of rotatable bonds is 3. The Morgan fingerprint density at radius 2 is 1.91 bits per heavy atom. The molecule has 2 aromatic carbocycles. The second-order valence-electron chi connectivity index (χ2n) is 4.70. The minimum Gasteiger partial charge on any atom is -0.497 e. The van der Waals surface area contributed by atoms with Crippen LogP contribution in [-0.2, 0) is 0 Å². The van der Waals surface area contributed by atoms with Crippen molar-refractivity contribution < 1.29 is 9.53 Å². The number of hydrogen-bond donors (Lipinski definition) is 0. The van der Waals surface area contributed by atoms with E-state index in [-0.39, 0.29) is 0 Å². The Morgan fingerprint density at radius 3 is 2.64 bits per heavy atom. The number of halogens is 2. The van der Waals surface area contributed by atoms with E-state index in [9.17, 15) is 4.79 Å². The van der Waals surface area contributed by atoms with Gasteiger partial charge in [0.25, 0.3) is 5.24 Å². The molecule has 0 fully saturated rings. The van der Waals surface area contributed by atoms with Gasteiger partial charge >= 0.3 is 0 Å². The van der Waals surface area contributed by atoms with Crippen LogP contribution in [0.15, 0.2) is 48.5 Å². The molecule has 22 heavy (non-hydrogen) atoms. The zero-order valence-corrected chi connectivity index (χ0v) is 13.2. The number of carbonyl (C=O) groups excluding carboxylic acids is 1. The summed E-state index contributed by atoms with van der Waals surface area (Å²) in [6, 6.07) is 14.4. The molecule has 0 spiro atoms. The predicted octanol–water partition coefficient (Wildman–Crippen LogP) is 4.94. The highest BCUT2D eigenvalue weighted by atomic mass is 35.5. The van der Waals surface area contributed by atoms with Gasteiger partial charge in [-0.15, -0.1) is 0 Å². The average Bonchev–Trinajstić information content (AvgIpc) is 2.54. The molecular formula is C17H11Cl2NO2. The summed E-state index contributed by atoms with van der Waals surface area (Å²) in [5, 5.41) is 0.569. The quantitative estimate of drug-likeness (QED) is 0.638. The molecule has 0 aliphatic rings. The third-order valence-corrected chi connectivity index (χ3v) is 3.88. The highest BCUT2D eigenvalue weighted by Crippen LogP contribution is 2.31. The van der Waals surface area contributed by atoms with Gasteiger partial charge in [-0.1, -0.05) is 35.9 Å². The van der Waals surface area contributed by atoms with E-state index < -0.39 is 5.24 Å². The van der Waals surface area contributed by atoms with Crippen molar-refractivity contribution in [2.24, 2.45) is 0 Å². The minimum atomic E-state index is -0.543. The van der Waals surface area contributed by atoms with Gasteiger partial charge in [0, 0.05) is 16.5 Å². The number of ether oxygens (including phenoxy) is 1. The smallest absolute Gasteiger partial charge is 0.253 e. The molecule has 3 nitrogen and oxygen atoms in total. The molecule has 0 aliphatic heterocycles. The van der Waals surface area contributed by atoms with E-state index in [1.165, 1.54) is 0 Å². The summed E-state index contributed by atoms with van der Waals surface area (Å²) >= 11 is 11.9. The van der Waals surface area contributed by atoms with Crippen molar-refractivity contribution in [3.05, 3.63) is 59.1 Å². The fraction of sp³-hybridized carbons (Fsp3) is 0.0588. The molecule has 3 rings (SSSR count). The maximum Gasteiger partial charge on any atom is 0.253 e. The number of para-hydroxylation sites is 1. The zero-order valence-electron chi connectivity index (χ0n) is 11.6. The Bertz CT molecular complexity index is 878. The number of pyridine rings is 1. The van der Waals surface area contributed by atoms with Gasteiger partial charge < -0.3 is 4.74 Å². The van der Waals surface area contributed by atoms with Crippen molar-refractivity contribution in [1.29, 1.82) is 0 Å². The van der Waals surface area contributed by atoms with Crippen LogP contribution >= 0.6 is 23.2 Å². The third kappa shape index (κ3) is 2.65. The molecule has 0 unspecified atom stereocenters. The molecule has 0 amide bonds. The topological polar surface area (TPSA) is 39.2 Å². The van der Waals surface area contributed by atoms with Crippen molar-refractivity contribution in [3.63, 3.8) is 0 Å². The molecule has 0 N–H and O–H groups in total. The van der Waals surface area contributed by atoms with Crippen LogP contribution in [0.2, 0.25) is 5.02 Å². The second-order valence-corrected chi connectivity index (χ2v) is 5.45. The molecule has 0 bridgehead atoms. The van der Waals surface area contributed by atoms with Gasteiger partial charge in [0.05, 0.1) is 23.3 Å². The van der Waals surface area contributed by atoms with Crippen LogP contribution in [0.5, 0.6) is 5.75 Å². The number of fused-ring (bicyclic) bond motifs is 1. The lowest BCUT2D eigenvalue weighted by molar-refractivity contribution is 0.108. The number of methoxy groups -OCH3 is 1. The van der Waals surface area contributed by atoms with Gasteiger partial charge in [-0.25, -0.2) is 4.98 Å². The predicted molar refractivity (Wildman–Crippen MR) is 88.9 cm³/mol. The Morgan fingerprint density at radius 1 is 1.14 bits per heavy atom. The summed E-state index contributed by atoms with van der Waals surface area (Å²) in [5.74, 6) is 0.706. The van der Waals surface area contributed by atoms with E-state index in [4.69, 9.17) is 27.9 Å². The summed E-state index contributed by atoms with van der Waals surface area (Å²) in [4.78, 5) is 16.3. The second kappa shape index (κ2) is 5.95. The summed E-state index contributed by atoms with van der Waals surface area (Å²) in [5.41, 5.74) is 2.37. The summed E-state index contributed by atoms with van der Waals surface area (Å²) in [7, 11) is 1.59. The van der Waals surface area contributed by atoms with Crippen LogP contribution in [0.3, 0.4) is 0 Å². The molecule has 3 aromatic rings. The van der Waals surface area contributed by atoms with Gasteiger partial charge in [0.1, 0.15) is 5.75 Å².